The molecule has 0 aliphatic rings. The summed E-state index contributed by atoms with van der Waals surface area (Å²) in [5.74, 6) is -1.22. The van der Waals surface area contributed by atoms with E-state index in [-0.39, 0.29) is 0 Å². The van der Waals surface area contributed by atoms with E-state index in [2.05, 4.69) is 4.74 Å². The molecular formula is C10H12FNO3. The zero-order valence-corrected chi connectivity index (χ0v) is 8.18. The molecule has 0 aliphatic carbocycles. The fraction of sp³-hybridized carbons (Fsp3) is 0.300. The maximum atomic E-state index is 12.6. The number of hydrogen-bond acceptors (Lipinski definition) is 4. The van der Waals surface area contributed by atoms with Gasteiger partial charge in [-0.2, -0.15) is 0 Å². The predicted octanol–water partition coefficient (Wildman–Crippen LogP) is 0.359. The van der Waals surface area contributed by atoms with Gasteiger partial charge in [-0.1, -0.05) is 12.1 Å². The number of carbonyl (C=O) groups excluding carboxylic acids is 1. The van der Waals surface area contributed by atoms with E-state index >= 15 is 0 Å². The third-order valence-corrected chi connectivity index (χ3v) is 2.04. The number of ether oxygens (including phenoxy) is 1. The molecule has 0 saturated carbocycles. The second-order valence-electron chi connectivity index (χ2n) is 3.05. The van der Waals surface area contributed by atoms with Gasteiger partial charge in [-0.05, 0) is 17.7 Å². The van der Waals surface area contributed by atoms with E-state index in [9.17, 15) is 14.3 Å². The normalized spacial score (nSPS) is 14.4. The van der Waals surface area contributed by atoms with Crippen LogP contribution in [-0.2, 0) is 9.53 Å². The topological polar surface area (TPSA) is 72.5 Å². The maximum Gasteiger partial charge on any atom is 0.336 e. The second kappa shape index (κ2) is 4.86. The van der Waals surface area contributed by atoms with Crippen LogP contribution in [0.2, 0.25) is 0 Å². The van der Waals surface area contributed by atoms with Crippen LogP contribution in [0.4, 0.5) is 4.39 Å². The van der Waals surface area contributed by atoms with Crippen molar-refractivity contribution in [3.05, 3.63) is 35.6 Å². The summed E-state index contributed by atoms with van der Waals surface area (Å²) in [6.45, 7) is 0. The summed E-state index contributed by atoms with van der Waals surface area (Å²) < 4.78 is 16.9. The Morgan fingerprint density at radius 3 is 2.47 bits per heavy atom. The Labute approximate surface area is 86.5 Å². The van der Waals surface area contributed by atoms with Crippen molar-refractivity contribution in [1.82, 2.24) is 0 Å². The monoisotopic (exact) mass is 213 g/mol. The van der Waals surface area contributed by atoms with Gasteiger partial charge in [0, 0.05) is 0 Å². The highest BCUT2D eigenvalue weighted by molar-refractivity contribution is 5.75. The molecule has 15 heavy (non-hydrogen) atoms. The van der Waals surface area contributed by atoms with Crippen molar-refractivity contribution < 1.29 is 19.0 Å². The highest BCUT2D eigenvalue weighted by atomic mass is 19.1. The highest BCUT2D eigenvalue weighted by Crippen LogP contribution is 2.15. The van der Waals surface area contributed by atoms with Crippen LogP contribution >= 0.6 is 0 Å². The Balaban J connectivity index is 2.80. The molecule has 1 rings (SSSR count). The molecule has 0 saturated heterocycles. The minimum absolute atomic E-state index is 0.404. The van der Waals surface area contributed by atoms with Crippen molar-refractivity contribution in [3.8, 4) is 0 Å². The summed E-state index contributed by atoms with van der Waals surface area (Å²) in [4.78, 5) is 11.0. The molecule has 2 atom stereocenters. The van der Waals surface area contributed by atoms with Crippen molar-refractivity contribution in [2.24, 2.45) is 5.73 Å². The average molecular weight is 213 g/mol. The molecule has 0 heterocycles. The quantitative estimate of drug-likeness (QED) is 0.711. The molecule has 1 aromatic rings. The molecule has 0 bridgehead atoms. The zero-order valence-electron chi connectivity index (χ0n) is 8.18. The van der Waals surface area contributed by atoms with Crippen LogP contribution in [0.5, 0.6) is 0 Å². The van der Waals surface area contributed by atoms with E-state index in [0.717, 1.165) is 7.11 Å². The average Bonchev–Trinajstić information content (AvgIpc) is 2.27. The van der Waals surface area contributed by atoms with Crippen molar-refractivity contribution in [2.75, 3.05) is 7.11 Å². The Morgan fingerprint density at radius 1 is 1.47 bits per heavy atom. The van der Waals surface area contributed by atoms with E-state index in [4.69, 9.17) is 5.73 Å². The lowest BCUT2D eigenvalue weighted by Crippen LogP contribution is -2.34. The Hall–Kier alpha value is -1.46. The van der Waals surface area contributed by atoms with Crippen molar-refractivity contribution in [1.29, 1.82) is 0 Å². The fourth-order valence-electron chi connectivity index (χ4n) is 1.13. The molecule has 0 radical (unpaired) electrons. The third-order valence-electron chi connectivity index (χ3n) is 2.04. The molecule has 3 N–H and O–H groups in total. The number of rotatable bonds is 3. The Morgan fingerprint density at radius 2 is 2.00 bits per heavy atom. The molecule has 82 valence electrons. The van der Waals surface area contributed by atoms with Gasteiger partial charge in [0.25, 0.3) is 0 Å². The third kappa shape index (κ3) is 2.74. The van der Waals surface area contributed by atoms with Gasteiger partial charge in [0.05, 0.1) is 13.2 Å². The summed E-state index contributed by atoms with van der Waals surface area (Å²) in [5, 5.41) is 9.42. The first-order valence-corrected chi connectivity index (χ1v) is 4.33. The van der Waals surface area contributed by atoms with Gasteiger partial charge in [-0.25, -0.2) is 9.18 Å². The van der Waals surface area contributed by atoms with E-state index < -0.39 is 23.9 Å². The minimum atomic E-state index is -1.44. The van der Waals surface area contributed by atoms with E-state index in [1.807, 2.05) is 0 Å². The molecule has 2 unspecified atom stereocenters. The number of carbonyl (C=O) groups is 1. The largest absolute Gasteiger partial charge is 0.467 e. The number of halogens is 1. The number of aliphatic hydroxyl groups excluding tert-OH is 1. The summed E-state index contributed by atoms with van der Waals surface area (Å²) in [6.07, 6.45) is -1.44. The lowest BCUT2D eigenvalue weighted by Gasteiger charge is -2.16. The van der Waals surface area contributed by atoms with E-state index in [1.54, 1.807) is 0 Å². The van der Waals surface area contributed by atoms with Crippen LogP contribution in [0.3, 0.4) is 0 Å². The number of methoxy groups -OCH3 is 1. The van der Waals surface area contributed by atoms with Crippen LogP contribution in [0.1, 0.15) is 11.6 Å². The summed E-state index contributed by atoms with van der Waals surface area (Å²) >= 11 is 0. The lowest BCUT2D eigenvalue weighted by atomic mass is 10.0. The van der Waals surface area contributed by atoms with Crippen LogP contribution in [0.15, 0.2) is 24.3 Å². The molecule has 0 amide bonds. The standard InChI is InChI=1S/C10H12FNO3/c1-15-10(14)9(13)8(12)6-2-4-7(11)5-3-6/h2-5,8-9,13H,12H2,1H3. The van der Waals surface area contributed by atoms with Crippen molar-refractivity contribution in [2.45, 2.75) is 12.1 Å². The zero-order chi connectivity index (χ0) is 11.4. The fourth-order valence-corrected chi connectivity index (χ4v) is 1.13. The number of benzene rings is 1. The summed E-state index contributed by atoms with van der Waals surface area (Å²) in [6, 6.07) is 4.31. The van der Waals surface area contributed by atoms with E-state index in [0.29, 0.717) is 5.56 Å². The van der Waals surface area contributed by atoms with Crippen LogP contribution in [0.25, 0.3) is 0 Å². The Kier molecular flexibility index (Phi) is 3.76. The number of esters is 1. The smallest absolute Gasteiger partial charge is 0.336 e. The summed E-state index contributed by atoms with van der Waals surface area (Å²) in [5.41, 5.74) is 6.06. The highest BCUT2D eigenvalue weighted by Gasteiger charge is 2.24. The van der Waals surface area contributed by atoms with Crippen LogP contribution in [-0.4, -0.2) is 24.3 Å². The maximum absolute atomic E-state index is 12.6. The van der Waals surface area contributed by atoms with Crippen LogP contribution < -0.4 is 5.73 Å². The molecule has 0 aliphatic heterocycles. The van der Waals surface area contributed by atoms with Gasteiger partial charge in [-0.3, -0.25) is 0 Å². The van der Waals surface area contributed by atoms with Gasteiger partial charge in [0.2, 0.25) is 0 Å². The molecule has 1 aromatic carbocycles. The predicted molar refractivity (Wildman–Crippen MR) is 51.4 cm³/mol. The van der Waals surface area contributed by atoms with Crippen LogP contribution in [0, 0.1) is 5.82 Å². The summed E-state index contributed by atoms with van der Waals surface area (Å²) in [7, 11) is 1.16. The molecule has 4 nitrogen and oxygen atoms in total. The molecule has 0 fully saturated rings. The minimum Gasteiger partial charge on any atom is -0.467 e. The number of nitrogens with two attached hydrogens (primary N) is 1. The lowest BCUT2D eigenvalue weighted by molar-refractivity contribution is -0.151. The van der Waals surface area contributed by atoms with Crippen molar-refractivity contribution in [3.63, 3.8) is 0 Å². The first-order valence-electron chi connectivity index (χ1n) is 4.33. The molecule has 5 heteroatoms. The molecule has 0 spiro atoms. The van der Waals surface area contributed by atoms with Crippen molar-refractivity contribution >= 4 is 5.97 Å². The number of aliphatic hydroxyl groups is 1. The Bertz CT molecular complexity index is 339. The second-order valence-corrected chi connectivity index (χ2v) is 3.05. The number of hydrogen-bond donors (Lipinski definition) is 2. The SMILES string of the molecule is COC(=O)C(O)C(N)c1ccc(F)cc1. The van der Waals surface area contributed by atoms with Gasteiger partial charge in [0.15, 0.2) is 6.10 Å². The first kappa shape index (κ1) is 11.6. The van der Waals surface area contributed by atoms with Gasteiger partial charge in [-0.15, -0.1) is 0 Å². The van der Waals surface area contributed by atoms with Gasteiger partial charge >= 0.3 is 5.97 Å². The first-order chi connectivity index (χ1) is 7.06. The van der Waals surface area contributed by atoms with Gasteiger partial charge in [0.1, 0.15) is 5.82 Å². The van der Waals surface area contributed by atoms with E-state index in [1.165, 1.54) is 24.3 Å². The molecule has 0 aromatic heterocycles. The molecular weight excluding hydrogens is 201 g/mol. The van der Waals surface area contributed by atoms with Gasteiger partial charge < -0.3 is 15.6 Å².